The second kappa shape index (κ2) is 6.79. The fraction of sp³-hybridized carbons (Fsp3) is 0.417. The quantitative estimate of drug-likeness (QED) is 0.828. The summed E-state index contributed by atoms with van der Waals surface area (Å²) >= 11 is 1.54. The molecule has 2 heterocycles. The van der Waals surface area contributed by atoms with Crippen molar-refractivity contribution in [3.8, 4) is 0 Å². The lowest BCUT2D eigenvalue weighted by molar-refractivity contribution is 0.0960. The van der Waals surface area contributed by atoms with Crippen LogP contribution in [-0.4, -0.2) is 25.5 Å². The van der Waals surface area contributed by atoms with Crippen LogP contribution in [0, 0.1) is 6.92 Å². The molecule has 0 aromatic carbocycles. The molecule has 0 atom stereocenters. The van der Waals surface area contributed by atoms with Crippen molar-refractivity contribution < 1.29 is 4.79 Å². The lowest BCUT2D eigenvalue weighted by Crippen LogP contribution is -2.29. The Morgan fingerprint density at radius 3 is 2.94 bits per heavy atom. The van der Waals surface area contributed by atoms with Gasteiger partial charge in [0.05, 0.1) is 4.88 Å². The minimum atomic E-state index is 0. The third kappa shape index (κ3) is 4.15. The maximum atomic E-state index is 11.8. The molecule has 1 aromatic rings. The number of amides is 1. The molecule has 0 spiro atoms. The molecule has 5 heteroatoms. The zero-order valence-electron chi connectivity index (χ0n) is 9.79. The van der Waals surface area contributed by atoms with E-state index in [1.165, 1.54) is 21.8 Å². The largest absolute Gasteiger partial charge is 0.348 e. The average molecular weight is 273 g/mol. The van der Waals surface area contributed by atoms with Gasteiger partial charge in [0.2, 0.25) is 0 Å². The van der Waals surface area contributed by atoms with Crippen molar-refractivity contribution in [1.82, 2.24) is 10.6 Å². The highest BCUT2D eigenvalue weighted by molar-refractivity contribution is 7.13. The van der Waals surface area contributed by atoms with Gasteiger partial charge in [-0.3, -0.25) is 4.79 Å². The lowest BCUT2D eigenvalue weighted by atomic mass is 10.1. The van der Waals surface area contributed by atoms with Crippen molar-refractivity contribution in [2.75, 3.05) is 19.6 Å². The van der Waals surface area contributed by atoms with Crippen LogP contribution in [0.25, 0.3) is 0 Å². The van der Waals surface area contributed by atoms with Crippen molar-refractivity contribution in [3.63, 3.8) is 0 Å². The molecule has 1 aromatic heterocycles. The number of nitrogens with one attached hydrogen (secondary N) is 2. The molecule has 2 rings (SSSR count). The van der Waals surface area contributed by atoms with Crippen molar-refractivity contribution in [2.45, 2.75) is 13.3 Å². The van der Waals surface area contributed by atoms with E-state index < -0.39 is 0 Å². The molecule has 0 radical (unpaired) electrons. The Labute approximate surface area is 112 Å². The van der Waals surface area contributed by atoms with Crippen molar-refractivity contribution in [1.29, 1.82) is 0 Å². The van der Waals surface area contributed by atoms with E-state index in [2.05, 4.69) is 16.7 Å². The SMILES string of the molecule is Cc1ccc(C(=O)NCC2=CCNCC2)s1.Cl. The predicted octanol–water partition coefficient (Wildman–Crippen LogP) is 2.13. The molecule has 2 N–H and O–H groups in total. The Kier molecular flexibility index (Phi) is 5.68. The normalized spacial score (nSPS) is 14.8. The molecule has 0 fully saturated rings. The van der Waals surface area contributed by atoms with Crippen molar-refractivity contribution in [3.05, 3.63) is 33.5 Å². The molecule has 17 heavy (non-hydrogen) atoms. The predicted molar refractivity (Wildman–Crippen MR) is 74.2 cm³/mol. The molecule has 3 nitrogen and oxygen atoms in total. The van der Waals surface area contributed by atoms with Gasteiger partial charge in [-0.05, 0) is 32.0 Å². The number of hydrogen-bond acceptors (Lipinski definition) is 3. The summed E-state index contributed by atoms with van der Waals surface area (Å²) in [7, 11) is 0. The van der Waals surface area contributed by atoms with E-state index in [4.69, 9.17) is 0 Å². The van der Waals surface area contributed by atoms with E-state index >= 15 is 0 Å². The number of halogens is 1. The van der Waals surface area contributed by atoms with Gasteiger partial charge in [-0.25, -0.2) is 0 Å². The summed E-state index contributed by atoms with van der Waals surface area (Å²) in [6.45, 7) is 4.62. The Balaban J connectivity index is 0.00000144. The first-order valence-corrected chi connectivity index (χ1v) is 6.30. The summed E-state index contributed by atoms with van der Waals surface area (Å²) in [4.78, 5) is 13.7. The molecule has 0 saturated heterocycles. The van der Waals surface area contributed by atoms with Crippen molar-refractivity contribution in [2.24, 2.45) is 0 Å². The highest BCUT2D eigenvalue weighted by Gasteiger charge is 2.09. The van der Waals surface area contributed by atoms with E-state index in [1.807, 2.05) is 19.1 Å². The Hall–Kier alpha value is -0.840. The number of thiophene rings is 1. The third-order valence-electron chi connectivity index (χ3n) is 2.60. The van der Waals surface area contributed by atoms with Gasteiger partial charge in [0.25, 0.3) is 5.91 Å². The van der Waals surface area contributed by atoms with Gasteiger partial charge >= 0.3 is 0 Å². The average Bonchev–Trinajstić information content (AvgIpc) is 2.74. The summed E-state index contributed by atoms with van der Waals surface area (Å²) in [5, 5.41) is 6.21. The summed E-state index contributed by atoms with van der Waals surface area (Å²) in [5.41, 5.74) is 1.32. The van der Waals surface area contributed by atoms with Crippen LogP contribution in [0.5, 0.6) is 0 Å². The van der Waals surface area contributed by atoms with Crippen LogP contribution in [0.2, 0.25) is 0 Å². The smallest absolute Gasteiger partial charge is 0.261 e. The highest BCUT2D eigenvalue weighted by atomic mass is 35.5. The topological polar surface area (TPSA) is 41.1 Å². The van der Waals surface area contributed by atoms with Crippen LogP contribution in [0.1, 0.15) is 21.0 Å². The van der Waals surface area contributed by atoms with Gasteiger partial charge in [0.1, 0.15) is 0 Å². The van der Waals surface area contributed by atoms with Crippen LogP contribution in [0.4, 0.5) is 0 Å². The maximum absolute atomic E-state index is 11.8. The first-order valence-electron chi connectivity index (χ1n) is 5.49. The Morgan fingerprint density at radius 1 is 1.53 bits per heavy atom. The van der Waals surface area contributed by atoms with Gasteiger partial charge in [0.15, 0.2) is 0 Å². The lowest BCUT2D eigenvalue weighted by Gasteiger charge is -2.14. The molecule has 1 aliphatic heterocycles. The number of carbonyl (C=O) groups excluding carboxylic acids is 1. The van der Waals surface area contributed by atoms with E-state index in [1.54, 1.807) is 0 Å². The molecule has 1 amide bonds. The molecule has 0 unspecified atom stereocenters. The molecular weight excluding hydrogens is 256 g/mol. The minimum Gasteiger partial charge on any atom is -0.348 e. The molecule has 0 aliphatic carbocycles. The minimum absolute atomic E-state index is 0. The number of carbonyl (C=O) groups is 1. The van der Waals surface area contributed by atoms with Crippen LogP contribution >= 0.6 is 23.7 Å². The van der Waals surface area contributed by atoms with Crippen molar-refractivity contribution >= 4 is 29.7 Å². The summed E-state index contributed by atoms with van der Waals surface area (Å²) in [6, 6.07) is 3.86. The van der Waals surface area contributed by atoms with E-state index in [0.717, 1.165) is 24.4 Å². The van der Waals surface area contributed by atoms with Gasteiger partial charge < -0.3 is 10.6 Å². The Bertz CT molecular complexity index is 414. The zero-order valence-corrected chi connectivity index (χ0v) is 11.4. The zero-order chi connectivity index (χ0) is 11.4. The van der Waals surface area contributed by atoms with Gasteiger partial charge in [-0.15, -0.1) is 23.7 Å². The molecular formula is C12H17ClN2OS. The molecule has 94 valence electrons. The fourth-order valence-electron chi connectivity index (χ4n) is 1.67. The summed E-state index contributed by atoms with van der Waals surface area (Å²) in [6.07, 6.45) is 3.19. The molecule has 1 aliphatic rings. The first-order chi connectivity index (χ1) is 7.75. The molecule has 0 bridgehead atoms. The van der Waals surface area contributed by atoms with Gasteiger partial charge in [-0.2, -0.15) is 0 Å². The van der Waals surface area contributed by atoms with Crippen LogP contribution in [0.3, 0.4) is 0 Å². The summed E-state index contributed by atoms with van der Waals surface area (Å²) in [5.74, 6) is 0.0394. The van der Waals surface area contributed by atoms with Gasteiger partial charge in [0, 0.05) is 18.0 Å². The standard InChI is InChI=1S/C12H16N2OS.ClH/c1-9-2-3-11(16-9)12(15)14-8-10-4-6-13-7-5-10;/h2-4,13H,5-8H2,1H3,(H,14,15);1H. The monoisotopic (exact) mass is 272 g/mol. The van der Waals surface area contributed by atoms with E-state index in [9.17, 15) is 4.79 Å². The van der Waals surface area contributed by atoms with Crippen LogP contribution < -0.4 is 10.6 Å². The van der Waals surface area contributed by atoms with Crippen LogP contribution in [0.15, 0.2) is 23.8 Å². The van der Waals surface area contributed by atoms with E-state index in [0.29, 0.717) is 6.54 Å². The second-order valence-electron chi connectivity index (χ2n) is 3.91. The molecule has 0 saturated carbocycles. The third-order valence-corrected chi connectivity index (χ3v) is 3.60. The first kappa shape index (κ1) is 14.2. The number of hydrogen-bond donors (Lipinski definition) is 2. The maximum Gasteiger partial charge on any atom is 0.261 e. The highest BCUT2D eigenvalue weighted by Crippen LogP contribution is 2.14. The second-order valence-corrected chi connectivity index (χ2v) is 5.20. The van der Waals surface area contributed by atoms with E-state index in [-0.39, 0.29) is 18.3 Å². The number of aryl methyl sites for hydroxylation is 1. The van der Waals surface area contributed by atoms with Crippen LogP contribution in [-0.2, 0) is 0 Å². The fourth-order valence-corrected chi connectivity index (χ4v) is 2.45. The Morgan fingerprint density at radius 2 is 2.35 bits per heavy atom. The summed E-state index contributed by atoms with van der Waals surface area (Å²) < 4.78 is 0. The van der Waals surface area contributed by atoms with Gasteiger partial charge in [-0.1, -0.05) is 11.6 Å². The number of rotatable bonds is 3.